The van der Waals surface area contributed by atoms with Crippen LogP contribution in [-0.4, -0.2) is 142 Å². The lowest BCUT2D eigenvalue weighted by Gasteiger charge is -2.60. The second kappa shape index (κ2) is 18.0. The Kier molecular flexibility index (Phi) is 13.3. The van der Waals surface area contributed by atoms with Crippen molar-refractivity contribution in [2.45, 2.75) is 165 Å². The number of ketones is 1. The van der Waals surface area contributed by atoms with Crippen LogP contribution < -0.4 is 5.32 Å². The summed E-state index contributed by atoms with van der Waals surface area (Å²) < 4.78 is 42.6. The molecule has 1 amide bonds. The SMILES string of the molecule is C[C@@H]1CC[C@@]2(OC1)O[C@H]1C[C@H]3[C@@H]4CC[C@H]5C[C@@H](O[C@@H]6O[C@H](CO)[C@@H](O[C@@H]7O[C@H](COC(=O)Nc8c(Cl)cccc8Cl)[C@@H](O)[C@H](O)[C@H]7O)[C@H](O)[C@H]6O)CC[C@]5(C)[C@H]4C(=O)C[C@]3(C)[C@H]1[C@@H]2C. The Hall–Kier alpha value is -1.74. The molecule has 4 saturated carbocycles. The maximum Gasteiger partial charge on any atom is 0.411 e. The number of nitrogens with one attached hydrogen (secondary N) is 1. The molecule has 1 spiro atoms. The molecule has 4 saturated heterocycles. The highest BCUT2D eigenvalue weighted by molar-refractivity contribution is 6.39. The van der Waals surface area contributed by atoms with E-state index in [9.17, 15) is 40.2 Å². The zero-order valence-corrected chi connectivity index (χ0v) is 38.3. The number of hydrogen-bond donors (Lipinski definition) is 7. The van der Waals surface area contributed by atoms with E-state index < -0.39 is 86.5 Å². The number of carbonyl (C=O) groups excluding carboxylic acids is 2. The predicted octanol–water partition coefficient (Wildman–Crippen LogP) is 4.18. The number of rotatable bonds is 8. The number of para-hydroxylation sites is 1. The molecule has 7 N–H and O–H groups in total. The lowest BCUT2D eigenvalue weighted by Crippen LogP contribution is -2.65. The topological polar surface area (TPSA) is 232 Å². The van der Waals surface area contributed by atoms with Crippen LogP contribution in [0.5, 0.6) is 0 Å². The van der Waals surface area contributed by atoms with Crippen molar-refractivity contribution >= 4 is 40.8 Å². The minimum atomic E-state index is -1.85. The Morgan fingerprint density at radius 2 is 1.56 bits per heavy atom. The Labute approximate surface area is 383 Å². The van der Waals surface area contributed by atoms with E-state index in [-0.39, 0.29) is 68.4 Å². The molecule has 8 fully saturated rings. The summed E-state index contributed by atoms with van der Waals surface area (Å²) in [4.78, 5) is 27.1. The molecule has 8 aliphatic rings. The molecule has 16 nitrogen and oxygen atoms in total. The van der Waals surface area contributed by atoms with Gasteiger partial charge in [-0.3, -0.25) is 10.1 Å². The van der Waals surface area contributed by atoms with Crippen LogP contribution in [-0.2, 0) is 38.0 Å². The van der Waals surface area contributed by atoms with Gasteiger partial charge >= 0.3 is 6.09 Å². The first-order chi connectivity index (χ1) is 30.4. The van der Waals surface area contributed by atoms with Gasteiger partial charge in [0.05, 0.1) is 41.2 Å². The summed E-state index contributed by atoms with van der Waals surface area (Å²) >= 11 is 12.2. The van der Waals surface area contributed by atoms with Crippen molar-refractivity contribution in [1.82, 2.24) is 0 Å². The van der Waals surface area contributed by atoms with Crippen LogP contribution in [0.2, 0.25) is 10.0 Å². The second-order valence-electron chi connectivity index (χ2n) is 20.8. The van der Waals surface area contributed by atoms with Gasteiger partial charge in [-0.15, -0.1) is 0 Å². The minimum Gasteiger partial charge on any atom is -0.446 e. The van der Waals surface area contributed by atoms with Crippen LogP contribution in [0.4, 0.5) is 10.5 Å². The zero-order chi connectivity index (χ0) is 45.6. The molecule has 358 valence electrons. The fourth-order valence-electron chi connectivity index (χ4n) is 13.9. The molecular weight excluding hydrogens is 877 g/mol. The number of amides is 1. The van der Waals surface area contributed by atoms with Crippen LogP contribution in [0.3, 0.4) is 0 Å². The van der Waals surface area contributed by atoms with E-state index in [0.29, 0.717) is 43.5 Å². The predicted molar refractivity (Wildman–Crippen MR) is 228 cm³/mol. The van der Waals surface area contributed by atoms with Gasteiger partial charge in [-0.2, -0.15) is 0 Å². The number of carbonyl (C=O) groups is 2. The lowest BCUT2D eigenvalue weighted by molar-refractivity contribution is -0.364. The molecule has 4 heterocycles. The van der Waals surface area contributed by atoms with Crippen LogP contribution in [0.1, 0.15) is 85.5 Å². The number of aliphatic hydroxyl groups is 6. The van der Waals surface area contributed by atoms with E-state index in [0.717, 1.165) is 38.5 Å². The van der Waals surface area contributed by atoms with Gasteiger partial charge in [-0.1, -0.05) is 57.0 Å². The Morgan fingerprint density at radius 1 is 0.859 bits per heavy atom. The Bertz CT molecular complexity index is 1870. The molecule has 64 heavy (non-hydrogen) atoms. The quantitative estimate of drug-likeness (QED) is 0.181. The van der Waals surface area contributed by atoms with Gasteiger partial charge in [-0.05, 0) is 97.5 Å². The van der Waals surface area contributed by atoms with E-state index in [2.05, 4.69) is 33.0 Å². The number of halogens is 2. The first kappa shape index (κ1) is 47.3. The largest absolute Gasteiger partial charge is 0.446 e. The number of anilines is 1. The average molecular weight is 943 g/mol. The smallest absolute Gasteiger partial charge is 0.411 e. The highest BCUT2D eigenvalue weighted by atomic mass is 35.5. The summed E-state index contributed by atoms with van der Waals surface area (Å²) in [6.45, 7) is 8.56. The van der Waals surface area contributed by atoms with Gasteiger partial charge in [0.15, 0.2) is 18.4 Å². The standard InChI is InChI=1S/C46H65Cl2NO15/c1-20-10-13-46(59-18-20)21(2)32-29(64-46)15-25-24-9-8-22-14-23(11-12-44(22,3)33(24)28(51)16-45(25,32)4)60-41-39(56)37(54)40(30(17-50)61-41)63-42-38(55)36(53)35(52)31(62-42)19-58-43(57)49-34-26(47)6-5-7-27(34)48/h5-7,20-25,29-33,35-42,50,52-56H,8-19H2,1-4H3,(H,49,57)/t20-,21+,22+,23+,24+,25+,29+,30-,31-,32+,33-,35-,36+,37-,38-,39-,40-,41-,42+,44+,45+,46-/m1/s1. The van der Waals surface area contributed by atoms with Crippen molar-refractivity contribution in [3.63, 3.8) is 0 Å². The monoisotopic (exact) mass is 941 g/mol. The molecular formula is C46H65Cl2NO15. The third-order valence-electron chi connectivity index (χ3n) is 17.2. The summed E-state index contributed by atoms with van der Waals surface area (Å²) in [7, 11) is 0. The van der Waals surface area contributed by atoms with Crippen LogP contribution >= 0.6 is 23.2 Å². The molecule has 9 rings (SSSR count). The zero-order valence-electron chi connectivity index (χ0n) is 36.8. The molecule has 0 bridgehead atoms. The number of hydrogen-bond acceptors (Lipinski definition) is 15. The number of Topliss-reactive ketones (excluding diaryl/α,β-unsaturated/α-hetero) is 1. The van der Waals surface area contributed by atoms with Gasteiger partial charge in [0.2, 0.25) is 0 Å². The van der Waals surface area contributed by atoms with Crippen LogP contribution in [0.25, 0.3) is 0 Å². The van der Waals surface area contributed by atoms with E-state index in [1.165, 1.54) is 12.1 Å². The molecule has 4 aliphatic carbocycles. The highest BCUT2D eigenvalue weighted by Crippen LogP contribution is 2.70. The number of ether oxygens (including phenoxy) is 7. The number of aliphatic hydroxyl groups excluding tert-OH is 6. The van der Waals surface area contributed by atoms with E-state index in [1.54, 1.807) is 6.07 Å². The first-order valence-corrected chi connectivity index (χ1v) is 24.0. The summed E-state index contributed by atoms with van der Waals surface area (Å²) in [5.74, 6) is 1.69. The summed E-state index contributed by atoms with van der Waals surface area (Å²) in [5, 5.41) is 68.0. The van der Waals surface area contributed by atoms with Crippen molar-refractivity contribution in [2.75, 3.05) is 25.1 Å². The van der Waals surface area contributed by atoms with E-state index in [1.807, 2.05) is 0 Å². The fourth-order valence-corrected chi connectivity index (χ4v) is 14.4. The maximum absolute atomic E-state index is 14.6. The van der Waals surface area contributed by atoms with Crippen molar-refractivity contribution in [3.8, 4) is 0 Å². The van der Waals surface area contributed by atoms with Crippen molar-refractivity contribution in [2.24, 2.45) is 52.3 Å². The molecule has 0 unspecified atom stereocenters. The molecule has 4 aliphatic heterocycles. The van der Waals surface area contributed by atoms with Crippen LogP contribution in [0.15, 0.2) is 18.2 Å². The van der Waals surface area contributed by atoms with Gasteiger partial charge in [0.25, 0.3) is 0 Å². The Morgan fingerprint density at radius 3 is 2.27 bits per heavy atom. The molecule has 0 aromatic heterocycles. The third-order valence-corrected chi connectivity index (χ3v) is 17.9. The number of fused-ring (bicyclic) bond motifs is 7. The van der Waals surface area contributed by atoms with E-state index >= 15 is 0 Å². The van der Waals surface area contributed by atoms with E-state index in [4.69, 9.17) is 56.4 Å². The van der Waals surface area contributed by atoms with Gasteiger partial charge < -0.3 is 63.8 Å². The average Bonchev–Trinajstić information content (AvgIpc) is 3.70. The molecule has 0 radical (unpaired) electrons. The number of benzene rings is 1. The van der Waals surface area contributed by atoms with Crippen molar-refractivity contribution in [1.29, 1.82) is 0 Å². The molecule has 1 aromatic rings. The van der Waals surface area contributed by atoms with Gasteiger partial charge in [0, 0.05) is 24.7 Å². The van der Waals surface area contributed by atoms with Gasteiger partial charge in [-0.25, -0.2) is 4.79 Å². The lowest BCUT2D eigenvalue weighted by atomic mass is 9.44. The normalized spacial score (nSPS) is 50.0. The Balaban J connectivity index is 0.805. The second-order valence-corrected chi connectivity index (χ2v) is 21.6. The molecule has 22 atom stereocenters. The summed E-state index contributed by atoms with van der Waals surface area (Å²) in [6, 6.07) is 4.60. The van der Waals surface area contributed by atoms with Crippen LogP contribution in [0, 0.1) is 52.3 Å². The maximum atomic E-state index is 14.6. The highest BCUT2D eigenvalue weighted by Gasteiger charge is 2.71. The van der Waals surface area contributed by atoms with Gasteiger partial charge in [0.1, 0.15) is 61.2 Å². The summed E-state index contributed by atoms with van der Waals surface area (Å²) in [6.07, 6.45) is -9.91. The molecule has 18 heteroatoms. The molecule has 1 aromatic carbocycles. The third kappa shape index (κ3) is 8.04. The van der Waals surface area contributed by atoms with Crippen molar-refractivity contribution in [3.05, 3.63) is 28.2 Å². The first-order valence-electron chi connectivity index (χ1n) is 23.2. The minimum absolute atomic E-state index is 0.0528. The summed E-state index contributed by atoms with van der Waals surface area (Å²) in [5.41, 5.74) is -0.263. The fraction of sp³-hybridized carbons (Fsp3) is 0.826. The van der Waals surface area contributed by atoms with Crippen molar-refractivity contribution < 1.29 is 73.4 Å².